The van der Waals surface area contributed by atoms with Crippen molar-refractivity contribution in [2.75, 3.05) is 55.0 Å². The first-order chi connectivity index (χ1) is 16.5. The van der Waals surface area contributed by atoms with E-state index < -0.39 is 0 Å². The number of anilines is 4. The number of amides is 2. The molecule has 2 fully saturated rings. The summed E-state index contributed by atoms with van der Waals surface area (Å²) in [5, 5.41) is 18.3. The van der Waals surface area contributed by atoms with Crippen molar-refractivity contribution in [1.82, 2.24) is 20.1 Å². The second-order valence-electron chi connectivity index (χ2n) is 8.55. The Balaban J connectivity index is 1.56. The van der Waals surface area contributed by atoms with Gasteiger partial charge in [0.05, 0.1) is 25.5 Å². The third-order valence-corrected chi connectivity index (χ3v) is 6.31. The molecule has 1 atom stereocenters. The van der Waals surface area contributed by atoms with E-state index in [-0.39, 0.29) is 12.1 Å². The molecule has 10 heteroatoms. The van der Waals surface area contributed by atoms with Crippen LogP contribution in [0.5, 0.6) is 0 Å². The Morgan fingerprint density at radius 1 is 1.21 bits per heavy atom. The maximum Gasteiger partial charge on any atom is 0.324 e. The first-order valence-corrected chi connectivity index (χ1v) is 11.3. The average Bonchev–Trinajstić information content (AvgIpc) is 3.49. The summed E-state index contributed by atoms with van der Waals surface area (Å²) in [4.78, 5) is 23.0. The predicted octanol–water partition coefficient (Wildman–Crippen LogP) is 3.31. The Morgan fingerprint density at radius 2 is 2.03 bits per heavy atom. The lowest BCUT2D eigenvalue weighted by atomic mass is 10.00. The molecule has 0 spiro atoms. The van der Waals surface area contributed by atoms with Crippen LogP contribution in [0.4, 0.5) is 27.9 Å². The molecule has 1 aromatic carbocycles. The number of rotatable bonds is 6. The number of aromatic nitrogens is 3. The number of benzene rings is 1. The lowest BCUT2D eigenvalue weighted by Crippen LogP contribution is -2.44. The Bertz CT molecular complexity index is 1180. The van der Waals surface area contributed by atoms with Crippen molar-refractivity contribution in [1.29, 1.82) is 5.41 Å². The molecule has 3 aromatic rings. The van der Waals surface area contributed by atoms with E-state index >= 15 is 0 Å². The maximum atomic E-state index is 12.4. The Kier molecular flexibility index (Phi) is 5.89. The standard InChI is InChI=1S/C24H28N8O2/c1-16-15-34-12-11-31(16)22-13-19(20(14-25)23(28-22)27-21-7-8-26-29-21)17-3-5-18(6-4-17)32-10-9-30(2)24(32)33/h3-8,13-14,16,25H,9-12,15H2,1-2H3,(H2,26,27,28,29)/t16-/m1/s1. The minimum absolute atomic E-state index is 0.00600. The van der Waals surface area contributed by atoms with Crippen LogP contribution >= 0.6 is 0 Å². The highest BCUT2D eigenvalue weighted by Crippen LogP contribution is 2.34. The number of ether oxygens (including phenoxy) is 1. The van der Waals surface area contributed by atoms with Crippen LogP contribution in [0.3, 0.4) is 0 Å². The van der Waals surface area contributed by atoms with Gasteiger partial charge in [0.1, 0.15) is 17.5 Å². The first kappa shape index (κ1) is 21.9. The van der Waals surface area contributed by atoms with Gasteiger partial charge in [-0.2, -0.15) is 5.10 Å². The fourth-order valence-electron chi connectivity index (χ4n) is 4.40. The highest BCUT2D eigenvalue weighted by molar-refractivity contribution is 5.97. The predicted molar refractivity (Wildman–Crippen MR) is 132 cm³/mol. The fraction of sp³-hybridized carbons (Fsp3) is 0.333. The number of pyridine rings is 1. The number of morpholine rings is 1. The number of nitrogens with one attached hydrogen (secondary N) is 3. The summed E-state index contributed by atoms with van der Waals surface area (Å²) in [5.41, 5.74) is 3.36. The molecular weight excluding hydrogens is 432 g/mol. The van der Waals surface area contributed by atoms with Gasteiger partial charge in [-0.05, 0) is 36.2 Å². The van der Waals surface area contributed by atoms with Gasteiger partial charge in [-0.3, -0.25) is 10.00 Å². The second kappa shape index (κ2) is 9.14. The molecule has 2 aromatic heterocycles. The molecule has 2 aliphatic rings. The minimum atomic E-state index is 0.00600. The van der Waals surface area contributed by atoms with E-state index in [0.717, 1.165) is 29.2 Å². The zero-order valence-electron chi connectivity index (χ0n) is 19.3. The van der Waals surface area contributed by atoms with E-state index in [1.165, 1.54) is 6.21 Å². The molecule has 34 heavy (non-hydrogen) atoms. The lowest BCUT2D eigenvalue weighted by Gasteiger charge is -2.35. The van der Waals surface area contributed by atoms with Gasteiger partial charge < -0.3 is 25.3 Å². The average molecular weight is 461 g/mol. The van der Waals surface area contributed by atoms with Crippen molar-refractivity contribution < 1.29 is 9.53 Å². The highest BCUT2D eigenvalue weighted by atomic mass is 16.5. The smallest absolute Gasteiger partial charge is 0.324 e. The molecule has 5 rings (SSSR count). The van der Waals surface area contributed by atoms with E-state index in [0.29, 0.717) is 43.5 Å². The van der Waals surface area contributed by atoms with E-state index in [1.807, 2.05) is 43.4 Å². The van der Waals surface area contributed by atoms with Crippen LogP contribution in [0.2, 0.25) is 0 Å². The van der Waals surface area contributed by atoms with Crippen LogP contribution < -0.4 is 15.1 Å². The summed E-state index contributed by atoms with van der Waals surface area (Å²) in [7, 11) is 1.81. The second-order valence-corrected chi connectivity index (χ2v) is 8.55. The monoisotopic (exact) mass is 460 g/mol. The summed E-state index contributed by atoms with van der Waals surface area (Å²) < 4.78 is 5.62. The van der Waals surface area contributed by atoms with Crippen molar-refractivity contribution in [2.45, 2.75) is 13.0 Å². The summed E-state index contributed by atoms with van der Waals surface area (Å²) in [6.45, 7) is 5.53. The van der Waals surface area contributed by atoms with Crippen molar-refractivity contribution >= 4 is 35.4 Å². The quantitative estimate of drug-likeness (QED) is 0.487. The number of nitrogens with zero attached hydrogens (tertiary/aromatic N) is 5. The summed E-state index contributed by atoms with van der Waals surface area (Å²) in [6, 6.07) is 11.9. The number of hydrogen-bond donors (Lipinski definition) is 3. The Hall–Kier alpha value is -3.92. The van der Waals surface area contributed by atoms with E-state index in [1.54, 1.807) is 16.0 Å². The molecule has 0 unspecified atom stereocenters. The molecule has 2 aliphatic heterocycles. The van der Waals surface area contributed by atoms with Crippen molar-refractivity contribution in [3.05, 3.63) is 48.2 Å². The van der Waals surface area contributed by atoms with Gasteiger partial charge in [0.15, 0.2) is 0 Å². The number of H-pyrrole nitrogens is 1. The normalized spacial score (nSPS) is 18.5. The number of likely N-dealkylation sites (N-methyl/N-ethyl adjacent to an activating group) is 1. The van der Waals surface area contributed by atoms with Crippen LogP contribution in [0.25, 0.3) is 11.1 Å². The van der Waals surface area contributed by atoms with Crippen LogP contribution in [0, 0.1) is 5.41 Å². The van der Waals surface area contributed by atoms with Gasteiger partial charge in [0.25, 0.3) is 0 Å². The van der Waals surface area contributed by atoms with Crippen molar-refractivity contribution in [3.63, 3.8) is 0 Å². The molecule has 0 bridgehead atoms. The highest BCUT2D eigenvalue weighted by Gasteiger charge is 2.27. The molecular formula is C24H28N8O2. The molecule has 0 radical (unpaired) electrons. The number of urea groups is 1. The maximum absolute atomic E-state index is 12.4. The SMILES string of the molecule is C[C@@H]1COCCN1c1cc(-c2ccc(N3CCN(C)C3=O)cc2)c(C=N)c(Nc2ccn[nH]2)n1. The number of carbonyl (C=O) groups excluding carboxylic acids is 1. The molecule has 3 N–H and O–H groups in total. The van der Waals surface area contributed by atoms with Crippen LogP contribution in [-0.4, -0.2) is 78.3 Å². The fourth-order valence-corrected chi connectivity index (χ4v) is 4.40. The lowest BCUT2D eigenvalue weighted by molar-refractivity contribution is 0.0985. The molecule has 10 nitrogen and oxygen atoms in total. The molecule has 2 amide bonds. The van der Waals surface area contributed by atoms with E-state index in [2.05, 4.69) is 27.3 Å². The molecule has 176 valence electrons. The first-order valence-electron chi connectivity index (χ1n) is 11.3. The Morgan fingerprint density at radius 3 is 2.68 bits per heavy atom. The van der Waals surface area contributed by atoms with E-state index in [4.69, 9.17) is 15.1 Å². The van der Waals surface area contributed by atoms with Gasteiger partial charge >= 0.3 is 6.03 Å². The summed E-state index contributed by atoms with van der Waals surface area (Å²) in [5.74, 6) is 2.09. The van der Waals surface area contributed by atoms with Crippen LogP contribution in [0.1, 0.15) is 12.5 Å². The topological polar surface area (TPSA) is 113 Å². The summed E-state index contributed by atoms with van der Waals surface area (Å²) >= 11 is 0. The van der Waals surface area contributed by atoms with Gasteiger partial charge in [0, 0.05) is 50.2 Å². The largest absolute Gasteiger partial charge is 0.377 e. The number of hydrogen-bond acceptors (Lipinski definition) is 7. The molecule has 0 aliphatic carbocycles. The van der Waals surface area contributed by atoms with Crippen LogP contribution in [0.15, 0.2) is 42.6 Å². The number of aromatic amines is 1. The van der Waals surface area contributed by atoms with E-state index in [9.17, 15) is 4.79 Å². The molecule has 0 saturated carbocycles. The van der Waals surface area contributed by atoms with Crippen LogP contribution in [-0.2, 0) is 4.74 Å². The molecule has 4 heterocycles. The van der Waals surface area contributed by atoms with Crippen molar-refractivity contribution in [3.8, 4) is 11.1 Å². The third kappa shape index (κ3) is 4.08. The zero-order valence-corrected chi connectivity index (χ0v) is 19.3. The Labute approximate surface area is 198 Å². The van der Waals surface area contributed by atoms with Crippen molar-refractivity contribution in [2.24, 2.45) is 0 Å². The van der Waals surface area contributed by atoms with Gasteiger partial charge in [0.2, 0.25) is 0 Å². The molecule has 2 saturated heterocycles. The minimum Gasteiger partial charge on any atom is -0.377 e. The zero-order chi connectivity index (χ0) is 23.7. The number of carbonyl (C=O) groups is 1. The summed E-state index contributed by atoms with van der Waals surface area (Å²) in [6.07, 6.45) is 2.98. The van der Waals surface area contributed by atoms with Gasteiger partial charge in [-0.1, -0.05) is 12.1 Å². The third-order valence-electron chi connectivity index (χ3n) is 6.31. The van der Waals surface area contributed by atoms with Gasteiger partial charge in [-0.25, -0.2) is 9.78 Å². The van der Waals surface area contributed by atoms with Gasteiger partial charge in [-0.15, -0.1) is 0 Å².